The van der Waals surface area contributed by atoms with E-state index in [2.05, 4.69) is 93.0 Å². The minimum absolute atomic E-state index is 0. The maximum absolute atomic E-state index is 6.25. The summed E-state index contributed by atoms with van der Waals surface area (Å²) in [6, 6.07) is 4.83. The van der Waals surface area contributed by atoms with Gasteiger partial charge in [0.15, 0.2) is 0 Å². The van der Waals surface area contributed by atoms with Crippen LogP contribution in [0.5, 0.6) is 11.5 Å². The van der Waals surface area contributed by atoms with E-state index in [4.69, 9.17) is 8.85 Å². The molecule has 2 aromatic rings. The topological polar surface area (TPSA) is 18.5 Å². The molecule has 0 aliphatic heterocycles. The van der Waals surface area contributed by atoms with Gasteiger partial charge in [-0.2, -0.15) is 34.4 Å². The first-order chi connectivity index (χ1) is 17.2. The summed E-state index contributed by atoms with van der Waals surface area (Å²) in [5, 5.41) is 0. The van der Waals surface area contributed by atoms with Gasteiger partial charge >= 0.3 is 26.2 Å². The van der Waals surface area contributed by atoms with E-state index >= 15 is 0 Å². The third kappa shape index (κ3) is 12.2. The van der Waals surface area contributed by atoms with Gasteiger partial charge in [0.1, 0.15) is 0 Å². The van der Waals surface area contributed by atoms with E-state index in [0.29, 0.717) is 0 Å². The number of halogens is 2. The van der Waals surface area contributed by atoms with E-state index < -0.39 is 18.1 Å². The number of rotatable bonds is 4. The second kappa shape index (κ2) is 18.9. The molecule has 4 rings (SSSR count). The summed E-state index contributed by atoms with van der Waals surface area (Å²) in [6.45, 7) is 27.2. The first kappa shape index (κ1) is 42.5. The SMILES string of the molecule is C[SiH](C)Oc1c(C(C)(C)C)[cH-]c2c1CCCC2.C[SiH](C)Oc1c(C(C)(C)C)[cH-]c2c1CCCC2.C[SiH]C.[Cl-].[Cl-].[Zr+4]. The average Bonchev–Trinajstić information content (AvgIpc) is 3.33. The Kier molecular flexibility index (Phi) is 20.1. The smallest absolute Gasteiger partial charge is 1.00 e. The zero-order chi connectivity index (χ0) is 28.0. The number of hydrogen-bond acceptors (Lipinski definition) is 2. The predicted molar refractivity (Wildman–Crippen MR) is 173 cm³/mol. The van der Waals surface area contributed by atoms with E-state index in [1.807, 2.05) is 0 Å². The first-order valence-corrected chi connectivity index (χ1v) is 22.8. The van der Waals surface area contributed by atoms with Crippen molar-refractivity contribution in [3.63, 3.8) is 0 Å². The normalized spacial score (nSPS) is 14.2. The molecule has 0 spiro atoms. The summed E-state index contributed by atoms with van der Waals surface area (Å²) in [6.07, 6.45) is 10.3. The van der Waals surface area contributed by atoms with Gasteiger partial charge in [-0.05, 0) is 48.5 Å². The Morgan fingerprint density at radius 2 is 0.875 bits per heavy atom. The van der Waals surface area contributed by atoms with Crippen LogP contribution in [0.25, 0.3) is 0 Å². The summed E-state index contributed by atoms with van der Waals surface area (Å²) in [4.78, 5) is 0. The van der Waals surface area contributed by atoms with Crippen LogP contribution in [0, 0.1) is 0 Å². The Morgan fingerprint density at radius 1 is 0.600 bits per heavy atom. The molecule has 1 radical (unpaired) electrons. The van der Waals surface area contributed by atoms with Crippen LogP contribution in [0.1, 0.15) is 101 Å². The molecule has 2 aromatic carbocycles. The van der Waals surface area contributed by atoms with E-state index in [9.17, 15) is 0 Å². The standard InChI is InChI=1S/2C15H25OSi.C2H7Si.2ClH.Zr/c2*1-15(2,3)13-10-11-8-6-7-9-12(11)14(13)16-17(4)5;1-3-2;;;/h2*10,17H,6-9H2,1-5H3;3H,1-2H3;2*1H;/q2*-1;;;;+4/p-2. The summed E-state index contributed by atoms with van der Waals surface area (Å²) in [5.74, 6) is 2.52. The monoisotopic (exact) mass is 717 g/mol. The molecule has 0 unspecified atom stereocenters. The Morgan fingerprint density at radius 3 is 1.12 bits per heavy atom. The Hall–Kier alpha value is 0.414. The van der Waals surface area contributed by atoms with Crippen LogP contribution in [0.2, 0.25) is 39.3 Å². The van der Waals surface area contributed by atoms with E-state index in [-0.39, 0.29) is 61.8 Å². The molecule has 0 N–H and O–H groups in total. The molecule has 0 saturated carbocycles. The van der Waals surface area contributed by atoms with E-state index in [1.54, 1.807) is 11.1 Å². The largest absolute Gasteiger partial charge is 4.00 e. The minimum Gasteiger partial charge on any atom is -1.00 e. The molecule has 0 amide bonds. The Bertz CT molecular complexity index is 908. The van der Waals surface area contributed by atoms with Crippen LogP contribution in [0.3, 0.4) is 0 Å². The molecule has 0 saturated heterocycles. The van der Waals surface area contributed by atoms with Gasteiger partial charge in [-0.25, -0.2) is 0 Å². The number of hydrogen-bond donors (Lipinski definition) is 0. The maximum Gasteiger partial charge on any atom is 4.00 e. The van der Waals surface area contributed by atoms with Crippen molar-refractivity contribution in [2.24, 2.45) is 0 Å². The van der Waals surface area contributed by atoms with Gasteiger partial charge < -0.3 is 33.7 Å². The van der Waals surface area contributed by atoms with Crippen LogP contribution < -0.4 is 33.7 Å². The first-order valence-electron chi connectivity index (χ1n) is 14.9. The Balaban J connectivity index is 0. The number of aryl methyl sites for hydroxylation is 2. The molecule has 2 aliphatic rings. The number of fused-ring (bicyclic) bond motifs is 2. The van der Waals surface area contributed by atoms with Gasteiger partial charge in [0.25, 0.3) is 0 Å². The minimum atomic E-state index is -1.01. The van der Waals surface area contributed by atoms with Crippen molar-refractivity contribution >= 4 is 27.6 Å². The van der Waals surface area contributed by atoms with Crippen LogP contribution in [0.4, 0.5) is 0 Å². The molecule has 8 heteroatoms. The van der Waals surface area contributed by atoms with E-state index in [0.717, 1.165) is 9.52 Å². The maximum atomic E-state index is 6.25. The third-order valence-corrected chi connectivity index (χ3v) is 8.43. The van der Waals surface area contributed by atoms with E-state index in [1.165, 1.54) is 85.1 Å². The quantitative estimate of drug-likeness (QED) is 0.358. The Labute approximate surface area is 285 Å². The van der Waals surface area contributed by atoms with Crippen molar-refractivity contribution in [1.29, 1.82) is 0 Å². The van der Waals surface area contributed by atoms with Crippen molar-refractivity contribution in [2.75, 3.05) is 0 Å². The second-order valence-electron chi connectivity index (χ2n) is 13.6. The van der Waals surface area contributed by atoms with Crippen LogP contribution in [0.15, 0.2) is 12.1 Å². The molecule has 227 valence electrons. The zero-order valence-corrected chi connectivity index (χ0v) is 35.1. The molecule has 0 heterocycles. The fraction of sp³-hybridized carbons (Fsp3) is 0.688. The van der Waals surface area contributed by atoms with Crippen molar-refractivity contribution < 1.29 is 59.9 Å². The zero-order valence-electron chi connectivity index (χ0n) is 27.6. The van der Waals surface area contributed by atoms with Crippen molar-refractivity contribution in [2.45, 2.75) is 143 Å². The van der Waals surface area contributed by atoms with Gasteiger partial charge in [0.2, 0.25) is 18.1 Å². The van der Waals surface area contributed by atoms with Gasteiger partial charge in [-0.15, -0.1) is 11.1 Å². The van der Waals surface area contributed by atoms with Crippen LogP contribution in [-0.4, -0.2) is 27.6 Å². The molecular formula is C32H57Cl2O2Si3Zr. The molecule has 0 atom stereocenters. The molecule has 40 heavy (non-hydrogen) atoms. The van der Waals surface area contributed by atoms with Crippen molar-refractivity contribution in [1.82, 2.24) is 0 Å². The van der Waals surface area contributed by atoms with Gasteiger partial charge in [-0.3, -0.25) is 0 Å². The molecule has 0 aromatic heterocycles. The van der Waals surface area contributed by atoms with Gasteiger partial charge in [0.05, 0.1) is 0 Å². The van der Waals surface area contributed by atoms with Crippen molar-refractivity contribution in [3.05, 3.63) is 45.5 Å². The fourth-order valence-electron chi connectivity index (χ4n) is 5.35. The third-order valence-electron chi connectivity index (χ3n) is 7.02. The fourth-order valence-corrected chi connectivity index (χ4v) is 6.84. The van der Waals surface area contributed by atoms with Gasteiger partial charge in [0, 0.05) is 9.52 Å². The van der Waals surface area contributed by atoms with Crippen molar-refractivity contribution in [3.8, 4) is 11.5 Å². The summed E-state index contributed by atoms with van der Waals surface area (Å²) >= 11 is 0. The molecule has 2 aliphatic carbocycles. The van der Waals surface area contributed by atoms with Gasteiger partial charge in [-0.1, -0.05) is 106 Å². The van der Waals surface area contributed by atoms with Crippen LogP contribution in [-0.2, 0) is 62.7 Å². The molecule has 0 bridgehead atoms. The summed E-state index contributed by atoms with van der Waals surface area (Å²) in [5.41, 5.74) is 9.46. The summed E-state index contributed by atoms with van der Waals surface area (Å²) < 4.78 is 12.5. The predicted octanol–water partition coefficient (Wildman–Crippen LogP) is 2.41. The molecular weight excluding hydrogens is 663 g/mol. The summed E-state index contributed by atoms with van der Waals surface area (Å²) in [7, 11) is -1.28. The molecule has 2 nitrogen and oxygen atoms in total. The second-order valence-corrected chi connectivity index (χ2v) is 19.4. The van der Waals surface area contributed by atoms with Crippen LogP contribution >= 0.6 is 0 Å². The average molecular weight is 720 g/mol. The molecule has 0 fully saturated rings.